The van der Waals surface area contributed by atoms with Crippen molar-refractivity contribution in [3.8, 4) is 11.5 Å². The van der Waals surface area contributed by atoms with E-state index in [1.807, 2.05) is 0 Å². The molecule has 0 amide bonds. The first-order valence-electron chi connectivity index (χ1n) is 5.09. The van der Waals surface area contributed by atoms with Crippen molar-refractivity contribution in [2.45, 2.75) is 11.3 Å². The second kappa shape index (κ2) is 5.37. The van der Waals surface area contributed by atoms with E-state index >= 15 is 0 Å². The molecule has 0 aliphatic carbocycles. The predicted molar refractivity (Wildman–Crippen MR) is 65.4 cm³/mol. The third-order valence-corrected chi connectivity index (χ3v) is 3.50. The molecule has 0 atom stereocenters. The first-order valence-corrected chi connectivity index (χ1v) is 6.98. The quantitative estimate of drug-likeness (QED) is 0.838. The molecule has 0 saturated heterocycles. The Morgan fingerprint density at radius 3 is 2.18 bits per heavy atom. The van der Waals surface area contributed by atoms with Gasteiger partial charge in [-0.15, -0.1) is 0 Å². The zero-order valence-corrected chi connectivity index (χ0v) is 11.0. The third kappa shape index (κ3) is 2.89. The number of nitrogens with two attached hydrogens (primary N) is 1. The fraction of sp³-hybridized carbons (Fsp3) is 0.455. The molecule has 0 bridgehead atoms. The number of sulfone groups is 1. The molecule has 1 aromatic carbocycles. The van der Waals surface area contributed by atoms with E-state index in [0.717, 1.165) is 11.8 Å². The average Bonchev–Trinajstić information content (AvgIpc) is 2.27. The molecule has 0 unspecified atom stereocenters. The van der Waals surface area contributed by atoms with Gasteiger partial charge in [-0.2, -0.15) is 0 Å². The SMILES string of the molecule is COc1c(CCN)ccc(S(C)(=O)=O)c1OC. The minimum absolute atomic E-state index is 0.123. The Morgan fingerprint density at radius 1 is 1.18 bits per heavy atom. The van der Waals surface area contributed by atoms with Gasteiger partial charge in [0.25, 0.3) is 0 Å². The highest BCUT2D eigenvalue weighted by molar-refractivity contribution is 7.90. The van der Waals surface area contributed by atoms with Gasteiger partial charge in [-0.1, -0.05) is 6.07 Å². The molecule has 17 heavy (non-hydrogen) atoms. The van der Waals surface area contributed by atoms with Gasteiger partial charge < -0.3 is 15.2 Å². The summed E-state index contributed by atoms with van der Waals surface area (Å²) < 4.78 is 33.5. The smallest absolute Gasteiger partial charge is 0.179 e. The van der Waals surface area contributed by atoms with Crippen LogP contribution in [0.1, 0.15) is 5.56 Å². The van der Waals surface area contributed by atoms with Gasteiger partial charge in [-0.25, -0.2) is 8.42 Å². The number of benzene rings is 1. The molecule has 5 nitrogen and oxygen atoms in total. The van der Waals surface area contributed by atoms with Crippen LogP contribution in [0.3, 0.4) is 0 Å². The van der Waals surface area contributed by atoms with Crippen molar-refractivity contribution in [2.75, 3.05) is 27.0 Å². The maximum atomic E-state index is 11.6. The van der Waals surface area contributed by atoms with Crippen LogP contribution < -0.4 is 15.2 Å². The molecule has 0 spiro atoms. The second-order valence-electron chi connectivity index (χ2n) is 3.60. The zero-order valence-electron chi connectivity index (χ0n) is 10.2. The third-order valence-electron chi connectivity index (χ3n) is 2.38. The highest BCUT2D eigenvalue weighted by Crippen LogP contribution is 2.37. The summed E-state index contributed by atoms with van der Waals surface area (Å²) in [6, 6.07) is 3.21. The Bertz CT molecular complexity index is 496. The van der Waals surface area contributed by atoms with Crippen molar-refractivity contribution in [3.05, 3.63) is 17.7 Å². The van der Waals surface area contributed by atoms with Crippen molar-refractivity contribution in [1.82, 2.24) is 0 Å². The minimum atomic E-state index is -3.35. The Hall–Kier alpha value is -1.27. The number of rotatable bonds is 5. The van der Waals surface area contributed by atoms with Crippen molar-refractivity contribution in [1.29, 1.82) is 0 Å². The second-order valence-corrected chi connectivity index (χ2v) is 5.58. The fourth-order valence-corrected chi connectivity index (χ4v) is 2.47. The van der Waals surface area contributed by atoms with Crippen molar-refractivity contribution in [2.24, 2.45) is 5.73 Å². The van der Waals surface area contributed by atoms with E-state index in [1.54, 1.807) is 6.07 Å². The van der Waals surface area contributed by atoms with E-state index in [0.29, 0.717) is 18.7 Å². The first kappa shape index (κ1) is 13.8. The molecule has 2 N–H and O–H groups in total. The Morgan fingerprint density at radius 2 is 1.76 bits per heavy atom. The van der Waals surface area contributed by atoms with Crippen LogP contribution in [-0.2, 0) is 16.3 Å². The van der Waals surface area contributed by atoms with E-state index in [-0.39, 0.29) is 10.6 Å². The van der Waals surface area contributed by atoms with Crippen LogP contribution in [0.2, 0.25) is 0 Å². The van der Waals surface area contributed by atoms with Crippen molar-refractivity contribution in [3.63, 3.8) is 0 Å². The Balaban J connectivity index is 3.48. The predicted octanol–water partition coefficient (Wildman–Crippen LogP) is 0.608. The van der Waals surface area contributed by atoms with Gasteiger partial charge >= 0.3 is 0 Å². The molecule has 0 heterocycles. The summed E-state index contributed by atoms with van der Waals surface area (Å²) in [6.45, 7) is 0.456. The van der Waals surface area contributed by atoms with Crippen LogP contribution >= 0.6 is 0 Å². The minimum Gasteiger partial charge on any atom is -0.493 e. The molecule has 0 radical (unpaired) electrons. The van der Waals surface area contributed by atoms with E-state index in [1.165, 1.54) is 20.3 Å². The van der Waals surface area contributed by atoms with Crippen molar-refractivity contribution < 1.29 is 17.9 Å². The largest absolute Gasteiger partial charge is 0.493 e. The maximum Gasteiger partial charge on any atom is 0.179 e. The number of hydrogen-bond donors (Lipinski definition) is 1. The topological polar surface area (TPSA) is 78.6 Å². The van der Waals surface area contributed by atoms with Gasteiger partial charge in [0.05, 0.1) is 14.2 Å². The van der Waals surface area contributed by atoms with Crippen LogP contribution in [0.4, 0.5) is 0 Å². The van der Waals surface area contributed by atoms with Gasteiger partial charge in [0.2, 0.25) is 0 Å². The first-order chi connectivity index (χ1) is 7.95. The van der Waals surface area contributed by atoms with Gasteiger partial charge in [-0.3, -0.25) is 0 Å². The summed E-state index contributed by atoms with van der Waals surface area (Å²) in [5, 5.41) is 0. The van der Waals surface area contributed by atoms with Gasteiger partial charge in [0.1, 0.15) is 4.90 Å². The normalized spacial score (nSPS) is 11.3. The monoisotopic (exact) mass is 259 g/mol. The average molecular weight is 259 g/mol. The van der Waals surface area contributed by atoms with Crippen LogP contribution in [0.25, 0.3) is 0 Å². The molecule has 6 heteroatoms. The Labute approximate surface area is 101 Å². The summed E-state index contributed by atoms with van der Waals surface area (Å²) in [4.78, 5) is 0.123. The fourth-order valence-electron chi connectivity index (χ4n) is 1.65. The molecular formula is C11H17NO4S. The van der Waals surface area contributed by atoms with Crippen LogP contribution in [-0.4, -0.2) is 35.4 Å². The molecular weight excluding hydrogens is 242 g/mol. The summed E-state index contributed by atoms with van der Waals surface area (Å²) in [6.07, 6.45) is 1.73. The van der Waals surface area contributed by atoms with Crippen LogP contribution in [0, 0.1) is 0 Å². The number of hydrogen-bond acceptors (Lipinski definition) is 5. The van der Waals surface area contributed by atoms with Crippen LogP contribution in [0.5, 0.6) is 11.5 Å². The standard InChI is InChI=1S/C11H17NO4S/c1-15-10-8(6-7-12)4-5-9(11(10)16-2)17(3,13)14/h4-5H,6-7,12H2,1-3H3. The van der Waals surface area contributed by atoms with E-state index in [9.17, 15) is 8.42 Å². The summed E-state index contributed by atoms with van der Waals surface area (Å²) in [5.41, 5.74) is 6.32. The van der Waals surface area contributed by atoms with E-state index in [2.05, 4.69) is 0 Å². The molecule has 1 rings (SSSR count). The molecule has 0 aromatic heterocycles. The lowest BCUT2D eigenvalue weighted by Crippen LogP contribution is -2.08. The molecule has 1 aromatic rings. The van der Waals surface area contributed by atoms with Gasteiger partial charge in [0.15, 0.2) is 21.3 Å². The Kier molecular flexibility index (Phi) is 4.36. The zero-order chi connectivity index (χ0) is 13.1. The number of ether oxygens (including phenoxy) is 2. The van der Waals surface area contributed by atoms with Crippen molar-refractivity contribution >= 4 is 9.84 Å². The lowest BCUT2D eigenvalue weighted by Gasteiger charge is -2.15. The highest BCUT2D eigenvalue weighted by Gasteiger charge is 2.20. The lowest BCUT2D eigenvalue weighted by molar-refractivity contribution is 0.344. The van der Waals surface area contributed by atoms with Gasteiger partial charge in [0, 0.05) is 6.26 Å². The molecule has 0 saturated carbocycles. The summed E-state index contributed by atoms with van der Waals surface area (Å²) in [5.74, 6) is 0.668. The van der Waals surface area contributed by atoms with Crippen LogP contribution in [0.15, 0.2) is 17.0 Å². The van der Waals surface area contributed by atoms with E-state index < -0.39 is 9.84 Å². The molecule has 96 valence electrons. The number of methoxy groups -OCH3 is 2. The van der Waals surface area contributed by atoms with Gasteiger partial charge in [-0.05, 0) is 24.6 Å². The highest BCUT2D eigenvalue weighted by atomic mass is 32.2. The molecule has 0 aliphatic rings. The molecule has 0 aliphatic heterocycles. The summed E-state index contributed by atoms with van der Waals surface area (Å²) in [7, 11) is -0.455. The molecule has 0 fully saturated rings. The van der Waals surface area contributed by atoms with E-state index in [4.69, 9.17) is 15.2 Å². The lowest BCUT2D eigenvalue weighted by atomic mass is 10.1. The maximum absolute atomic E-state index is 11.6. The summed E-state index contributed by atoms with van der Waals surface area (Å²) >= 11 is 0.